The summed E-state index contributed by atoms with van der Waals surface area (Å²) >= 11 is -0.804. The summed E-state index contributed by atoms with van der Waals surface area (Å²) in [7, 11) is 0. The van der Waals surface area contributed by atoms with E-state index in [1.54, 1.807) is 2.89 Å². The van der Waals surface area contributed by atoms with Crippen LogP contribution in [0.5, 0.6) is 0 Å². The van der Waals surface area contributed by atoms with Crippen LogP contribution in [0.15, 0.2) is 109 Å². The molecule has 3 aromatic carbocycles. The molecule has 1 heterocycles. The molecule has 4 aromatic rings. The van der Waals surface area contributed by atoms with E-state index in [9.17, 15) is 0 Å². The van der Waals surface area contributed by atoms with Gasteiger partial charge in [-0.25, -0.2) is 0 Å². The van der Waals surface area contributed by atoms with Crippen LogP contribution < -0.4 is 2.89 Å². The Labute approximate surface area is 170 Å². The quantitative estimate of drug-likeness (QED) is 0.299. The van der Waals surface area contributed by atoms with Gasteiger partial charge in [-0.05, 0) is 0 Å². The second-order valence-corrected chi connectivity index (χ2v) is 21.1. The molecule has 134 valence electrons. The molecule has 0 fully saturated rings. The molecule has 2 heteroatoms. The molecule has 0 spiro atoms. The number of thiophene rings is 1. The summed E-state index contributed by atoms with van der Waals surface area (Å²) in [6.07, 6.45) is 0. The van der Waals surface area contributed by atoms with E-state index >= 15 is 0 Å². The molecular formula is C25H24SSn. The SMILES string of the molecule is c1ccc([CH2][Sn]([CH2]c2ccccc2)([CH2]c2ccccc2)[c]2cccs2)cc1. The maximum absolute atomic E-state index is 2.78. The average Bonchev–Trinajstić information content (AvgIpc) is 3.26. The zero-order valence-corrected chi connectivity index (χ0v) is 19.1. The molecule has 0 radical (unpaired) electrons. The van der Waals surface area contributed by atoms with Crippen molar-refractivity contribution in [2.24, 2.45) is 0 Å². The summed E-state index contributed by atoms with van der Waals surface area (Å²) in [5.41, 5.74) is 4.48. The van der Waals surface area contributed by atoms with Crippen LogP contribution >= 0.6 is 11.3 Å². The van der Waals surface area contributed by atoms with Crippen LogP contribution in [0.3, 0.4) is 0 Å². The summed E-state index contributed by atoms with van der Waals surface area (Å²) in [5.74, 6) is 0. The molecule has 0 saturated carbocycles. The summed E-state index contributed by atoms with van der Waals surface area (Å²) in [5, 5.41) is 2.27. The molecule has 27 heavy (non-hydrogen) atoms. The Morgan fingerprint density at radius 3 is 1.22 bits per heavy atom. The van der Waals surface area contributed by atoms with Crippen molar-refractivity contribution in [2.45, 2.75) is 13.3 Å². The number of hydrogen-bond donors (Lipinski definition) is 0. The fourth-order valence-corrected chi connectivity index (χ4v) is 21.4. The van der Waals surface area contributed by atoms with Crippen molar-refractivity contribution in [3.63, 3.8) is 0 Å². The average molecular weight is 475 g/mol. The molecule has 4 rings (SSSR count). The molecule has 0 saturated heterocycles. The number of benzene rings is 3. The Hall–Kier alpha value is -1.84. The number of rotatable bonds is 7. The third-order valence-electron chi connectivity index (χ3n) is 5.20. The molecule has 0 unspecified atom stereocenters. The summed E-state index contributed by atoms with van der Waals surface area (Å²) in [4.78, 5) is 0. The Morgan fingerprint density at radius 1 is 0.481 bits per heavy atom. The first-order valence-electron chi connectivity index (χ1n) is 9.50. The second kappa shape index (κ2) is 8.90. The predicted molar refractivity (Wildman–Crippen MR) is 120 cm³/mol. The van der Waals surface area contributed by atoms with Crippen LogP contribution in [0.1, 0.15) is 16.7 Å². The van der Waals surface area contributed by atoms with E-state index in [1.165, 1.54) is 30.0 Å². The van der Waals surface area contributed by atoms with E-state index in [1.807, 2.05) is 11.3 Å². The first-order valence-corrected chi connectivity index (χ1v) is 17.9. The third kappa shape index (κ3) is 4.71. The number of hydrogen-bond acceptors (Lipinski definition) is 1. The molecule has 0 bridgehead atoms. The molecule has 0 nitrogen and oxygen atoms in total. The van der Waals surface area contributed by atoms with Gasteiger partial charge in [-0.1, -0.05) is 0 Å². The third-order valence-corrected chi connectivity index (χ3v) is 22.5. The van der Waals surface area contributed by atoms with Crippen LogP contribution in [0.25, 0.3) is 0 Å². The van der Waals surface area contributed by atoms with Crippen molar-refractivity contribution in [2.75, 3.05) is 0 Å². The minimum absolute atomic E-state index is 1.25. The zero-order valence-electron chi connectivity index (χ0n) is 15.4. The molecule has 0 aliphatic carbocycles. The van der Waals surface area contributed by atoms with Crippen LogP contribution in [0, 0.1) is 0 Å². The van der Waals surface area contributed by atoms with Gasteiger partial charge in [0.05, 0.1) is 0 Å². The van der Waals surface area contributed by atoms with Gasteiger partial charge in [0.25, 0.3) is 0 Å². The van der Waals surface area contributed by atoms with Gasteiger partial charge in [-0.15, -0.1) is 0 Å². The Balaban J connectivity index is 1.79. The van der Waals surface area contributed by atoms with E-state index in [4.69, 9.17) is 0 Å². The molecule has 0 amide bonds. The Kier molecular flexibility index (Phi) is 6.10. The van der Waals surface area contributed by atoms with E-state index in [2.05, 4.69) is 109 Å². The summed E-state index contributed by atoms with van der Waals surface area (Å²) in [6.45, 7) is 0. The minimum atomic E-state index is -2.78. The van der Waals surface area contributed by atoms with Gasteiger partial charge in [0.15, 0.2) is 0 Å². The van der Waals surface area contributed by atoms with Crippen molar-refractivity contribution < 1.29 is 0 Å². The van der Waals surface area contributed by atoms with Gasteiger partial charge in [0.2, 0.25) is 0 Å². The van der Waals surface area contributed by atoms with E-state index in [-0.39, 0.29) is 0 Å². The predicted octanol–water partition coefficient (Wildman–Crippen LogP) is 5.75. The Morgan fingerprint density at radius 2 is 0.889 bits per heavy atom. The molecule has 0 aliphatic rings. The summed E-state index contributed by atoms with van der Waals surface area (Å²) < 4.78 is 5.43. The van der Waals surface area contributed by atoms with Gasteiger partial charge >= 0.3 is 171 Å². The van der Waals surface area contributed by atoms with Crippen LogP contribution in [0.2, 0.25) is 0 Å². The Bertz CT molecular complexity index is 830. The first kappa shape index (κ1) is 18.5. The van der Waals surface area contributed by atoms with E-state index in [0.717, 1.165) is 0 Å². The van der Waals surface area contributed by atoms with E-state index < -0.39 is 18.4 Å². The molecule has 0 atom stereocenters. The van der Waals surface area contributed by atoms with Crippen LogP contribution in [0.4, 0.5) is 0 Å². The molecule has 1 aromatic heterocycles. The van der Waals surface area contributed by atoms with Crippen molar-refractivity contribution in [3.8, 4) is 0 Å². The van der Waals surface area contributed by atoms with Gasteiger partial charge < -0.3 is 0 Å². The van der Waals surface area contributed by atoms with Crippen molar-refractivity contribution in [3.05, 3.63) is 125 Å². The molecule has 0 N–H and O–H groups in total. The van der Waals surface area contributed by atoms with Crippen LogP contribution in [-0.4, -0.2) is 18.4 Å². The van der Waals surface area contributed by atoms with Gasteiger partial charge in [0, 0.05) is 0 Å². The standard InChI is InChI=1S/3C7H7.C4H3S.Sn/c3*1-7-5-3-2-4-6-7;1-2-4-5-3-1;/h3*2-6H,1H2;1-3H;. The normalized spacial score (nSPS) is 11.4. The molecular weight excluding hydrogens is 451 g/mol. The van der Waals surface area contributed by atoms with Gasteiger partial charge in [-0.2, -0.15) is 0 Å². The second-order valence-electron chi connectivity index (χ2n) is 7.24. The van der Waals surface area contributed by atoms with Gasteiger partial charge in [-0.3, -0.25) is 0 Å². The van der Waals surface area contributed by atoms with Crippen molar-refractivity contribution in [1.29, 1.82) is 0 Å². The topological polar surface area (TPSA) is 0 Å². The van der Waals surface area contributed by atoms with Crippen molar-refractivity contribution in [1.82, 2.24) is 0 Å². The first-order chi connectivity index (χ1) is 13.3. The van der Waals surface area contributed by atoms with Gasteiger partial charge in [0.1, 0.15) is 0 Å². The van der Waals surface area contributed by atoms with E-state index in [0.29, 0.717) is 0 Å². The fourth-order valence-electron chi connectivity index (χ4n) is 3.99. The zero-order chi connectivity index (χ0) is 18.4. The summed E-state index contributed by atoms with van der Waals surface area (Å²) in [6, 6.07) is 38.0. The monoisotopic (exact) mass is 476 g/mol. The maximum atomic E-state index is 2.41. The fraction of sp³-hybridized carbons (Fsp3) is 0.120. The molecule has 0 aliphatic heterocycles. The van der Waals surface area contributed by atoms with Crippen LogP contribution in [-0.2, 0) is 13.3 Å². The van der Waals surface area contributed by atoms with Crippen molar-refractivity contribution >= 4 is 32.6 Å².